The molecule has 2 heterocycles. The van der Waals surface area contributed by atoms with Crippen molar-refractivity contribution in [1.82, 2.24) is 9.88 Å². The number of fused-ring (bicyclic) bond motifs is 2. The lowest BCUT2D eigenvalue weighted by Gasteiger charge is -2.19. The van der Waals surface area contributed by atoms with Crippen molar-refractivity contribution in [3.63, 3.8) is 0 Å². The highest BCUT2D eigenvalue weighted by molar-refractivity contribution is 6.36. The number of rotatable bonds is 3. The summed E-state index contributed by atoms with van der Waals surface area (Å²) < 4.78 is 5.84. The van der Waals surface area contributed by atoms with Crippen molar-refractivity contribution in [2.24, 2.45) is 0 Å². The van der Waals surface area contributed by atoms with Gasteiger partial charge in [-0.25, -0.2) is 0 Å². The molecule has 1 aliphatic rings. The number of para-hydroxylation sites is 1. The second kappa shape index (κ2) is 6.48. The van der Waals surface area contributed by atoms with E-state index >= 15 is 0 Å². The van der Waals surface area contributed by atoms with E-state index in [1.165, 1.54) is 0 Å². The molecule has 0 saturated heterocycles. The Bertz CT molecular complexity index is 875. The van der Waals surface area contributed by atoms with E-state index in [1.54, 1.807) is 0 Å². The molecule has 0 bridgehead atoms. The van der Waals surface area contributed by atoms with E-state index in [4.69, 9.17) is 16.3 Å². The first kappa shape index (κ1) is 15.5. The zero-order valence-corrected chi connectivity index (χ0v) is 14.0. The summed E-state index contributed by atoms with van der Waals surface area (Å²) in [5, 5.41) is 11.2. The van der Waals surface area contributed by atoms with Gasteiger partial charge in [0.2, 0.25) is 0 Å². The molecule has 5 heteroatoms. The standard InChI is InChI=1S/C19H19ClN2O2/c20-19-15-3-1-2-4-16(15)21-17(19)11-22-7-8-24-18-6-5-13(12-23)9-14(18)10-22/h1-6,9,21,23H,7-8,10-12H2. The summed E-state index contributed by atoms with van der Waals surface area (Å²) >= 11 is 6.54. The molecule has 1 aromatic heterocycles. The van der Waals surface area contributed by atoms with Crippen LogP contribution in [-0.4, -0.2) is 28.1 Å². The van der Waals surface area contributed by atoms with Gasteiger partial charge in [0, 0.05) is 41.8 Å². The fraction of sp³-hybridized carbons (Fsp3) is 0.263. The van der Waals surface area contributed by atoms with Gasteiger partial charge < -0.3 is 14.8 Å². The molecule has 1 aliphatic heterocycles. The monoisotopic (exact) mass is 342 g/mol. The quantitative estimate of drug-likeness (QED) is 0.763. The predicted molar refractivity (Wildman–Crippen MR) is 95.3 cm³/mol. The lowest BCUT2D eigenvalue weighted by Crippen LogP contribution is -2.25. The number of aliphatic hydroxyl groups excluding tert-OH is 1. The Kier molecular flexibility index (Phi) is 4.19. The lowest BCUT2D eigenvalue weighted by atomic mass is 10.1. The summed E-state index contributed by atoms with van der Waals surface area (Å²) in [5.41, 5.74) is 4.10. The molecule has 3 aromatic rings. The Hall–Kier alpha value is -2.01. The van der Waals surface area contributed by atoms with Crippen LogP contribution in [0.3, 0.4) is 0 Å². The fourth-order valence-corrected chi connectivity index (χ4v) is 3.50. The SMILES string of the molecule is OCc1ccc2c(c1)CN(Cc1[nH]c3ccccc3c1Cl)CCO2. The van der Waals surface area contributed by atoms with Crippen molar-refractivity contribution >= 4 is 22.5 Å². The van der Waals surface area contributed by atoms with Crippen LogP contribution in [0.2, 0.25) is 5.02 Å². The average Bonchev–Trinajstić information content (AvgIpc) is 2.79. The minimum absolute atomic E-state index is 0.0428. The molecule has 0 amide bonds. The highest BCUT2D eigenvalue weighted by Gasteiger charge is 2.18. The van der Waals surface area contributed by atoms with Crippen LogP contribution in [-0.2, 0) is 19.7 Å². The van der Waals surface area contributed by atoms with E-state index < -0.39 is 0 Å². The summed E-state index contributed by atoms with van der Waals surface area (Å²) in [6.45, 7) is 3.02. The maximum absolute atomic E-state index is 9.35. The number of hydrogen-bond acceptors (Lipinski definition) is 3. The number of benzene rings is 2. The van der Waals surface area contributed by atoms with E-state index in [-0.39, 0.29) is 6.61 Å². The summed E-state index contributed by atoms with van der Waals surface area (Å²) in [6.07, 6.45) is 0. The molecule has 4 nitrogen and oxygen atoms in total. The minimum atomic E-state index is 0.0428. The lowest BCUT2D eigenvalue weighted by molar-refractivity contribution is 0.218. The molecule has 4 rings (SSSR count). The molecule has 124 valence electrons. The van der Waals surface area contributed by atoms with Crippen molar-refractivity contribution < 1.29 is 9.84 Å². The molecular formula is C19H19ClN2O2. The maximum Gasteiger partial charge on any atom is 0.123 e. The molecule has 0 aliphatic carbocycles. The third-order valence-electron chi connectivity index (χ3n) is 4.46. The van der Waals surface area contributed by atoms with Gasteiger partial charge in [-0.05, 0) is 23.8 Å². The van der Waals surface area contributed by atoms with E-state index in [0.29, 0.717) is 6.61 Å². The van der Waals surface area contributed by atoms with Crippen LogP contribution in [0.1, 0.15) is 16.8 Å². The van der Waals surface area contributed by atoms with Gasteiger partial charge in [-0.2, -0.15) is 0 Å². The summed E-state index contributed by atoms with van der Waals surface area (Å²) in [7, 11) is 0. The van der Waals surface area contributed by atoms with Crippen LogP contribution in [0.15, 0.2) is 42.5 Å². The molecule has 2 N–H and O–H groups in total. The number of halogens is 1. The number of nitrogens with zero attached hydrogens (tertiary/aromatic N) is 1. The average molecular weight is 343 g/mol. The number of nitrogens with one attached hydrogen (secondary N) is 1. The van der Waals surface area contributed by atoms with Crippen molar-refractivity contribution in [2.75, 3.05) is 13.2 Å². The molecule has 0 fully saturated rings. The van der Waals surface area contributed by atoms with E-state index in [2.05, 4.69) is 9.88 Å². The smallest absolute Gasteiger partial charge is 0.123 e. The summed E-state index contributed by atoms with van der Waals surface area (Å²) in [4.78, 5) is 5.73. The summed E-state index contributed by atoms with van der Waals surface area (Å²) in [5.74, 6) is 0.900. The van der Waals surface area contributed by atoms with Crippen LogP contribution in [0.25, 0.3) is 10.9 Å². The highest BCUT2D eigenvalue weighted by Crippen LogP contribution is 2.30. The molecule has 0 unspecified atom stereocenters. The van der Waals surface area contributed by atoms with Crippen LogP contribution >= 0.6 is 11.6 Å². The van der Waals surface area contributed by atoms with Gasteiger partial charge in [0.15, 0.2) is 0 Å². The molecule has 0 radical (unpaired) electrons. The van der Waals surface area contributed by atoms with E-state index in [1.807, 2.05) is 42.5 Å². The Morgan fingerprint density at radius 2 is 2.08 bits per heavy atom. The predicted octanol–water partition coefficient (Wildman–Crippen LogP) is 3.71. The largest absolute Gasteiger partial charge is 0.492 e. The van der Waals surface area contributed by atoms with Gasteiger partial charge >= 0.3 is 0 Å². The normalized spacial score (nSPS) is 15.1. The third-order valence-corrected chi connectivity index (χ3v) is 4.89. The maximum atomic E-state index is 9.35. The number of H-pyrrole nitrogens is 1. The first-order valence-electron chi connectivity index (χ1n) is 8.07. The second-order valence-corrected chi connectivity index (χ2v) is 6.50. The zero-order chi connectivity index (χ0) is 16.5. The van der Waals surface area contributed by atoms with Gasteiger partial charge in [0.25, 0.3) is 0 Å². The number of ether oxygens (including phenoxy) is 1. The van der Waals surface area contributed by atoms with Crippen LogP contribution in [0, 0.1) is 0 Å². The van der Waals surface area contributed by atoms with Gasteiger partial charge in [-0.3, -0.25) is 4.90 Å². The van der Waals surface area contributed by atoms with Crippen molar-refractivity contribution in [1.29, 1.82) is 0 Å². The second-order valence-electron chi connectivity index (χ2n) is 6.12. The van der Waals surface area contributed by atoms with E-state index in [9.17, 15) is 5.11 Å². The van der Waals surface area contributed by atoms with Crippen molar-refractivity contribution in [2.45, 2.75) is 19.7 Å². The van der Waals surface area contributed by atoms with Gasteiger partial charge in [-0.1, -0.05) is 35.9 Å². The van der Waals surface area contributed by atoms with Crippen LogP contribution < -0.4 is 4.74 Å². The van der Waals surface area contributed by atoms with Crippen LogP contribution in [0.4, 0.5) is 0 Å². The first-order chi connectivity index (χ1) is 11.7. The molecule has 0 spiro atoms. The molecule has 24 heavy (non-hydrogen) atoms. The van der Waals surface area contributed by atoms with Gasteiger partial charge in [-0.15, -0.1) is 0 Å². The molecule has 0 saturated carbocycles. The number of aromatic nitrogens is 1. The fourth-order valence-electron chi connectivity index (χ4n) is 3.23. The topological polar surface area (TPSA) is 48.5 Å². The van der Waals surface area contributed by atoms with Gasteiger partial charge in [0.05, 0.1) is 11.6 Å². The Morgan fingerprint density at radius 1 is 1.21 bits per heavy atom. The Morgan fingerprint density at radius 3 is 2.92 bits per heavy atom. The highest BCUT2D eigenvalue weighted by atomic mass is 35.5. The number of hydrogen-bond donors (Lipinski definition) is 2. The number of aromatic amines is 1. The molecule has 2 aromatic carbocycles. The Balaban J connectivity index is 1.60. The minimum Gasteiger partial charge on any atom is -0.492 e. The van der Waals surface area contributed by atoms with Crippen molar-refractivity contribution in [3.05, 3.63) is 64.3 Å². The number of aliphatic hydroxyl groups is 1. The zero-order valence-electron chi connectivity index (χ0n) is 13.3. The van der Waals surface area contributed by atoms with Gasteiger partial charge in [0.1, 0.15) is 12.4 Å². The van der Waals surface area contributed by atoms with E-state index in [0.717, 1.165) is 58.1 Å². The van der Waals surface area contributed by atoms with Crippen molar-refractivity contribution in [3.8, 4) is 5.75 Å². The molecule has 0 atom stereocenters. The van der Waals surface area contributed by atoms with Crippen LogP contribution in [0.5, 0.6) is 5.75 Å². The Labute approximate surface area is 145 Å². The first-order valence-corrected chi connectivity index (χ1v) is 8.45. The summed E-state index contributed by atoms with van der Waals surface area (Å²) in [6, 6.07) is 13.9. The molecular weight excluding hydrogens is 324 g/mol. The third kappa shape index (κ3) is 2.88.